The molecule has 0 saturated heterocycles. The van der Waals surface area contributed by atoms with Gasteiger partial charge in [-0.05, 0) is 49.4 Å². The van der Waals surface area contributed by atoms with Gasteiger partial charge in [-0.3, -0.25) is 9.59 Å². The summed E-state index contributed by atoms with van der Waals surface area (Å²) in [5.41, 5.74) is -1.07. The van der Waals surface area contributed by atoms with Crippen molar-refractivity contribution >= 4 is 23.7 Å². The fourth-order valence-electron chi connectivity index (χ4n) is 3.41. The van der Waals surface area contributed by atoms with Crippen LogP contribution in [0.25, 0.3) is 0 Å². The zero-order valence-electron chi connectivity index (χ0n) is 16.9. The monoisotopic (exact) mass is 417 g/mol. The number of benzene rings is 3. The number of carbonyl (C=O) groups excluding carboxylic acids is 3. The van der Waals surface area contributed by atoms with Gasteiger partial charge in [0.25, 0.3) is 5.91 Å². The van der Waals surface area contributed by atoms with Gasteiger partial charge in [0, 0.05) is 5.56 Å². The molecular formula is C24H19NO6. The molecule has 0 saturated carbocycles. The first-order valence-electron chi connectivity index (χ1n) is 9.52. The smallest absolute Gasteiger partial charge is 0.426 e. The minimum Gasteiger partial charge on any atom is -0.497 e. The summed E-state index contributed by atoms with van der Waals surface area (Å²) in [6.45, 7) is 1.44. The van der Waals surface area contributed by atoms with Crippen molar-refractivity contribution < 1.29 is 28.6 Å². The normalized spacial score (nSPS) is 17.1. The summed E-state index contributed by atoms with van der Waals surface area (Å²) in [6.07, 6.45) is -0.898. The Morgan fingerprint density at radius 3 is 2.03 bits per heavy atom. The number of anilines is 1. The van der Waals surface area contributed by atoms with Crippen molar-refractivity contribution in [1.29, 1.82) is 0 Å². The SMILES string of the molecule is COc1ccc(OC(=O)[C@@]2(C)C(=O)N(C(=O)Oc3ccccc3)c3ccccc32)cc1. The van der Waals surface area contributed by atoms with Crippen LogP contribution in [0, 0.1) is 0 Å². The first kappa shape index (κ1) is 20.2. The lowest BCUT2D eigenvalue weighted by molar-refractivity contribution is -0.144. The number of ether oxygens (including phenoxy) is 3. The molecule has 7 nitrogen and oxygen atoms in total. The number of amides is 2. The van der Waals surface area contributed by atoms with Crippen molar-refractivity contribution in [2.75, 3.05) is 12.0 Å². The van der Waals surface area contributed by atoms with Crippen molar-refractivity contribution in [3.8, 4) is 17.2 Å². The number of methoxy groups -OCH3 is 1. The molecule has 0 aliphatic carbocycles. The Morgan fingerprint density at radius 1 is 0.774 bits per heavy atom. The second-order valence-corrected chi connectivity index (χ2v) is 7.03. The maximum Gasteiger partial charge on any atom is 0.426 e. The molecule has 3 aromatic carbocycles. The van der Waals surface area contributed by atoms with E-state index in [9.17, 15) is 14.4 Å². The summed E-state index contributed by atoms with van der Waals surface area (Å²) in [5.74, 6) is -0.406. The quantitative estimate of drug-likeness (QED) is 0.361. The van der Waals surface area contributed by atoms with E-state index in [0.717, 1.165) is 4.90 Å². The Morgan fingerprint density at radius 2 is 1.35 bits per heavy atom. The molecule has 156 valence electrons. The van der Waals surface area contributed by atoms with Crippen molar-refractivity contribution in [1.82, 2.24) is 0 Å². The minimum absolute atomic E-state index is 0.252. The third-order valence-corrected chi connectivity index (χ3v) is 5.12. The van der Waals surface area contributed by atoms with E-state index in [1.54, 1.807) is 78.9 Å². The van der Waals surface area contributed by atoms with Gasteiger partial charge < -0.3 is 14.2 Å². The lowest BCUT2D eigenvalue weighted by Gasteiger charge is -2.21. The first-order valence-corrected chi connectivity index (χ1v) is 9.52. The highest BCUT2D eigenvalue weighted by molar-refractivity contribution is 6.28. The first-order chi connectivity index (χ1) is 14.9. The molecule has 1 aliphatic rings. The zero-order chi connectivity index (χ0) is 22.0. The zero-order valence-corrected chi connectivity index (χ0v) is 16.9. The lowest BCUT2D eigenvalue weighted by Crippen LogP contribution is -2.48. The van der Waals surface area contributed by atoms with Crippen LogP contribution in [0.4, 0.5) is 10.5 Å². The summed E-state index contributed by atoms with van der Waals surface area (Å²) in [5, 5.41) is 0. The van der Waals surface area contributed by atoms with Gasteiger partial charge in [-0.15, -0.1) is 0 Å². The summed E-state index contributed by atoms with van der Waals surface area (Å²) in [7, 11) is 1.53. The molecule has 7 heteroatoms. The van der Waals surface area contributed by atoms with E-state index in [1.165, 1.54) is 14.0 Å². The van der Waals surface area contributed by atoms with E-state index in [-0.39, 0.29) is 17.2 Å². The van der Waals surface area contributed by atoms with E-state index >= 15 is 0 Å². The number of imide groups is 1. The van der Waals surface area contributed by atoms with Gasteiger partial charge in [-0.2, -0.15) is 0 Å². The van der Waals surface area contributed by atoms with Crippen LogP contribution in [0.2, 0.25) is 0 Å². The molecule has 0 unspecified atom stereocenters. The highest BCUT2D eigenvalue weighted by Crippen LogP contribution is 2.43. The molecule has 1 aliphatic heterocycles. The van der Waals surface area contributed by atoms with Crippen LogP contribution in [0.1, 0.15) is 12.5 Å². The molecule has 1 atom stereocenters. The van der Waals surface area contributed by atoms with E-state index in [2.05, 4.69) is 0 Å². The molecule has 0 aromatic heterocycles. The average molecular weight is 417 g/mol. The molecule has 0 fully saturated rings. The molecule has 0 N–H and O–H groups in total. The molecule has 31 heavy (non-hydrogen) atoms. The van der Waals surface area contributed by atoms with Crippen LogP contribution >= 0.6 is 0 Å². The van der Waals surface area contributed by atoms with Gasteiger partial charge in [0.05, 0.1) is 12.8 Å². The second-order valence-electron chi connectivity index (χ2n) is 7.03. The molecular weight excluding hydrogens is 398 g/mol. The van der Waals surface area contributed by atoms with Crippen LogP contribution < -0.4 is 19.1 Å². The van der Waals surface area contributed by atoms with Crippen molar-refractivity contribution in [2.24, 2.45) is 0 Å². The second kappa shape index (κ2) is 7.95. The van der Waals surface area contributed by atoms with Gasteiger partial charge in [0.15, 0.2) is 5.41 Å². The molecule has 3 aromatic rings. The van der Waals surface area contributed by atoms with Crippen molar-refractivity contribution in [3.63, 3.8) is 0 Å². The van der Waals surface area contributed by atoms with E-state index in [0.29, 0.717) is 11.3 Å². The summed E-state index contributed by atoms with van der Waals surface area (Å²) in [4.78, 5) is 40.2. The van der Waals surface area contributed by atoms with Gasteiger partial charge >= 0.3 is 12.1 Å². The number of nitrogens with zero attached hydrogens (tertiary/aromatic N) is 1. The van der Waals surface area contributed by atoms with Gasteiger partial charge in [-0.1, -0.05) is 36.4 Å². The Balaban J connectivity index is 1.65. The summed E-state index contributed by atoms with van der Waals surface area (Å²) < 4.78 is 15.9. The van der Waals surface area contributed by atoms with E-state index in [1.807, 2.05) is 0 Å². The van der Waals surface area contributed by atoms with Crippen LogP contribution in [-0.4, -0.2) is 25.1 Å². The highest BCUT2D eigenvalue weighted by atomic mass is 16.6. The topological polar surface area (TPSA) is 82.1 Å². The van der Waals surface area contributed by atoms with Crippen LogP contribution in [0.15, 0.2) is 78.9 Å². The number of para-hydroxylation sites is 2. The third-order valence-electron chi connectivity index (χ3n) is 5.12. The number of fused-ring (bicyclic) bond motifs is 1. The molecule has 4 rings (SSSR count). The predicted octanol–water partition coefficient (Wildman–Crippen LogP) is 4.10. The van der Waals surface area contributed by atoms with Gasteiger partial charge in [0.2, 0.25) is 0 Å². The number of hydrogen-bond donors (Lipinski definition) is 0. The third kappa shape index (κ3) is 3.50. The molecule has 0 spiro atoms. The fraction of sp³-hybridized carbons (Fsp3) is 0.125. The Kier molecular flexibility index (Phi) is 5.17. The summed E-state index contributed by atoms with van der Waals surface area (Å²) in [6, 6.07) is 21.4. The van der Waals surface area contributed by atoms with Gasteiger partial charge in [-0.25, -0.2) is 9.69 Å². The van der Waals surface area contributed by atoms with Crippen LogP contribution in [0.5, 0.6) is 17.2 Å². The number of esters is 1. The Bertz CT molecular complexity index is 1140. The fourth-order valence-corrected chi connectivity index (χ4v) is 3.41. The van der Waals surface area contributed by atoms with E-state index in [4.69, 9.17) is 14.2 Å². The Labute approximate surface area is 178 Å². The minimum atomic E-state index is -1.72. The van der Waals surface area contributed by atoms with Crippen molar-refractivity contribution in [3.05, 3.63) is 84.4 Å². The van der Waals surface area contributed by atoms with Crippen LogP contribution in [0.3, 0.4) is 0 Å². The molecule has 1 heterocycles. The van der Waals surface area contributed by atoms with Crippen molar-refractivity contribution in [2.45, 2.75) is 12.3 Å². The average Bonchev–Trinajstić information content (AvgIpc) is 3.03. The van der Waals surface area contributed by atoms with E-state index < -0.39 is 23.4 Å². The molecule has 0 bridgehead atoms. The maximum atomic E-state index is 13.4. The Hall–Kier alpha value is -4.13. The largest absolute Gasteiger partial charge is 0.497 e. The summed E-state index contributed by atoms with van der Waals surface area (Å²) >= 11 is 0. The number of carbonyl (C=O) groups is 3. The maximum absolute atomic E-state index is 13.4. The molecule has 0 radical (unpaired) electrons. The molecule has 2 amide bonds. The predicted molar refractivity (Wildman–Crippen MR) is 112 cm³/mol. The van der Waals surface area contributed by atoms with Crippen LogP contribution in [-0.2, 0) is 15.0 Å². The highest BCUT2D eigenvalue weighted by Gasteiger charge is 2.56. The lowest BCUT2D eigenvalue weighted by atomic mass is 9.84. The standard InChI is InChI=1S/C24H19NO6/c1-24(22(27)30-18-14-12-16(29-2)13-15-18)19-10-6-7-11-20(19)25(21(24)26)23(28)31-17-8-4-3-5-9-17/h3-15H,1-2H3/t24-/m1/s1. The number of rotatable bonds is 4. The number of hydrogen-bond acceptors (Lipinski definition) is 6. The van der Waals surface area contributed by atoms with Gasteiger partial charge in [0.1, 0.15) is 17.2 Å².